The van der Waals surface area contributed by atoms with Gasteiger partial charge in [-0.2, -0.15) is 4.40 Å². The summed E-state index contributed by atoms with van der Waals surface area (Å²) >= 11 is 0. The first kappa shape index (κ1) is 20.9. The summed E-state index contributed by atoms with van der Waals surface area (Å²) in [5.41, 5.74) is 13.7. The molecular weight excluding hydrogens is 444 g/mol. The van der Waals surface area contributed by atoms with E-state index in [1.807, 2.05) is 41.3 Å². The van der Waals surface area contributed by atoms with E-state index in [9.17, 15) is 0 Å². The van der Waals surface area contributed by atoms with E-state index in [1.54, 1.807) is 12.4 Å². The van der Waals surface area contributed by atoms with Crippen LogP contribution in [0.1, 0.15) is 24.8 Å². The normalized spacial score (nSPS) is 14.7. The predicted molar refractivity (Wildman–Crippen MR) is 140 cm³/mol. The van der Waals surface area contributed by atoms with Crippen LogP contribution >= 0.6 is 0 Å². The van der Waals surface area contributed by atoms with E-state index in [2.05, 4.69) is 64.0 Å². The summed E-state index contributed by atoms with van der Waals surface area (Å²) in [6, 6.07) is 27.1. The lowest BCUT2D eigenvalue weighted by Crippen LogP contribution is -2.43. The largest absolute Gasteiger partial charge is 0.321 e. The van der Waals surface area contributed by atoms with Crippen LogP contribution in [0.2, 0.25) is 0 Å². The van der Waals surface area contributed by atoms with Gasteiger partial charge in [-0.1, -0.05) is 47.1 Å². The van der Waals surface area contributed by atoms with Crippen molar-refractivity contribution in [2.45, 2.75) is 24.8 Å². The van der Waals surface area contributed by atoms with Crippen LogP contribution in [-0.2, 0) is 5.54 Å². The number of rotatable bonds is 4. The van der Waals surface area contributed by atoms with Crippen LogP contribution in [0.25, 0.3) is 44.8 Å². The second kappa shape index (κ2) is 8.07. The minimum Gasteiger partial charge on any atom is -0.321 e. The Morgan fingerprint density at radius 2 is 1.61 bits per heavy atom. The molecule has 0 amide bonds. The standard InChI is InChI=1S/C30H25N6/c31-30(14-4-15-30)24-7-9-25(10-8-24)36-29-26-19-23(21-5-2-1-3-6-21)20-33-27(26)13-18-35(29)28(34-36)22-11-16-32-17-12-22/h1-3,5-13,16-20H,4,14-15,31H2/q+1. The summed E-state index contributed by atoms with van der Waals surface area (Å²) in [7, 11) is 0. The molecule has 7 rings (SSSR count). The van der Waals surface area contributed by atoms with Crippen molar-refractivity contribution in [2.24, 2.45) is 5.73 Å². The van der Waals surface area contributed by atoms with E-state index in [1.165, 1.54) is 12.0 Å². The van der Waals surface area contributed by atoms with Crippen molar-refractivity contribution in [3.8, 4) is 28.2 Å². The monoisotopic (exact) mass is 469 g/mol. The summed E-state index contributed by atoms with van der Waals surface area (Å²) in [5, 5.41) is 6.13. The second-order valence-electron chi connectivity index (χ2n) is 9.56. The molecule has 6 heteroatoms. The third-order valence-electron chi connectivity index (χ3n) is 7.37. The van der Waals surface area contributed by atoms with Crippen molar-refractivity contribution < 1.29 is 4.40 Å². The lowest BCUT2D eigenvalue weighted by molar-refractivity contribution is -0.498. The summed E-state index contributed by atoms with van der Waals surface area (Å²) in [5.74, 6) is 0.845. The molecule has 174 valence electrons. The van der Waals surface area contributed by atoms with Crippen LogP contribution < -0.4 is 10.1 Å². The van der Waals surface area contributed by atoms with E-state index < -0.39 is 0 Å². The highest BCUT2D eigenvalue weighted by Crippen LogP contribution is 2.39. The molecule has 0 unspecified atom stereocenters. The van der Waals surface area contributed by atoms with E-state index >= 15 is 0 Å². The molecule has 1 saturated carbocycles. The van der Waals surface area contributed by atoms with Crippen molar-refractivity contribution in [3.05, 3.63) is 109 Å². The number of benzene rings is 2. The van der Waals surface area contributed by atoms with E-state index in [4.69, 9.17) is 15.8 Å². The van der Waals surface area contributed by atoms with E-state index in [-0.39, 0.29) is 5.54 Å². The number of nitrogens with two attached hydrogens (primary N) is 1. The summed E-state index contributed by atoms with van der Waals surface area (Å²) in [6.45, 7) is 0. The Kier molecular flexibility index (Phi) is 4.69. The molecule has 4 aromatic heterocycles. The smallest absolute Gasteiger partial charge is 0.314 e. The van der Waals surface area contributed by atoms with Gasteiger partial charge < -0.3 is 5.73 Å². The zero-order chi connectivity index (χ0) is 24.1. The van der Waals surface area contributed by atoms with Gasteiger partial charge >= 0.3 is 5.82 Å². The quantitative estimate of drug-likeness (QED) is 0.359. The topological polar surface area (TPSA) is 73.7 Å². The Balaban J connectivity index is 1.48. The third kappa shape index (κ3) is 3.30. The lowest BCUT2D eigenvalue weighted by atomic mass is 9.73. The lowest BCUT2D eigenvalue weighted by Gasteiger charge is -2.38. The molecule has 1 fully saturated rings. The van der Waals surface area contributed by atoms with Gasteiger partial charge in [0.1, 0.15) is 5.69 Å². The first-order valence-corrected chi connectivity index (χ1v) is 12.3. The number of nitrogens with zero attached hydrogens (tertiary/aromatic N) is 5. The molecule has 6 aromatic rings. The maximum Gasteiger partial charge on any atom is 0.314 e. The van der Waals surface area contributed by atoms with Crippen molar-refractivity contribution in [1.82, 2.24) is 19.7 Å². The Labute approximate surface area is 208 Å². The van der Waals surface area contributed by atoms with E-state index in [0.717, 1.165) is 57.6 Å². The van der Waals surface area contributed by atoms with Gasteiger partial charge in [0, 0.05) is 29.7 Å². The fourth-order valence-electron chi connectivity index (χ4n) is 5.16. The Morgan fingerprint density at radius 1 is 0.833 bits per heavy atom. The molecule has 6 nitrogen and oxygen atoms in total. The van der Waals surface area contributed by atoms with Gasteiger partial charge in [-0.15, -0.1) is 0 Å². The van der Waals surface area contributed by atoms with Crippen LogP contribution in [0.15, 0.2) is 104 Å². The highest BCUT2D eigenvalue weighted by molar-refractivity contribution is 5.93. The molecule has 36 heavy (non-hydrogen) atoms. The molecule has 0 atom stereocenters. The Hall–Kier alpha value is -4.42. The fraction of sp³-hybridized carbons (Fsp3) is 0.133. The first-order chi connectivity index (χ1) is 17.7. The molecule has 0 bridgehead atoms. The van der Waals surface area contributed by atoms with Gasteiger partial charge in [0.2, 0.25) is 0 Å². The zero-order valence-electron chi connectivity index (χ0n) is 19.7. The summed E-state index contributed by atoms with van der Waals surface area (Å²) in [4.78, 5) is 9.00. The van der Waals surface area contributed by atoms with Gasteiger partial charge in [0.25, 0.3) is 5.65 Å². The summed E-state index contributed by atoms with van der Waals surface area (Å²) in [6.07, 6.45) is 10.8. The molecule has 0 radical (unpaired) electrons. The molecule has 1 aliphatic carbocycles. The average molecular weight is 470 g/mol. The Bertz CT molecular complexity index is 1700. The molecular formula is C30H25N6+. The third-order valence-corrected chi connectivity index (χ3v) is 7.37. The van der Waals surface area contributed by atoms with Gasteiger partial charge in [0.05, 0.1) is 27.8 Å². The first-order valence-electron chi connectivity index (χ1n) is 12.3. The van der Waals surface area contributed by atoms with Crippen molar-refractivity contribution in [3.63, 3.8) is 0 Å². The number of aromatic nitrogens is 5. The van der Waals surface area contributed by atoms with Gasteiger partial charge in [0.15, 0.2) is 0 Å². The SMILES string of the molecule is NC1(c2ccc(-n3nc(-c4ccncc4)[n+]4ccc5ncc(-c6ccccc6)cc5c34)cc2)CCC1. The number of fused-ring (bicyclic) bond motifs is 3. The van der Waals surface area contributed by atoms with Gasteiger partial charge in [-0.25, -0.2) is 0 Å². The van der Waals surface area contributed by atoms with Crippen molar-refractivity contribution >= 4 is 16.6 Å². The average Bonchev–Trinajstić information content (AvgIpc) is 3.33. The number of hydrogen-bond donors (Lipinski definition) is 1. The van der Waals surface area contributed by atoms with Crippen molar-refractivity contribution in [2.75, 3.05) is 0 Å². The number of pyridine rings is 3. The van der Waals surface area contributed by atoms with Crippen LogP contribution in [-0.4, -0.2) is 19.7 Å². The summed E-state index contributed by atoms with van der Waals surface area (Å²) < 4.78 is 4.15. The zero-order valence-corrected chi connectivity index (χ0v) is 19.7. The highest BCUT2D eigenvalue weighted by atomic mass is 15.4. The number of hydrogen-bond acceptors (Lipinski definition) is 4. The Morgan fingerprint density at radius 3 is 2.33 bits per heavy atom. The molecule has 4 heterocycles. The molecule has 2 aromatic carbocycles. The van der Waals surface area contributed by atoms with Crippen LogP contribution in [0, 0.1) is 0 Å². The molecule has 1 aliphatic rings. The van der Waals surface area contributed by atoms with E-state index in [0.29, 0.717) is 0 Å². The maximum absolute atomic E-state index is 6.59. The van der Waals surface area contributed by atoms with Crippen LogP contribution in [0.5, 0.6) is 0 Å². The maximum atomic E-state index is 6.59. The minimum absolute atomic E-state index is 0.192. The molecule has 2 N–H and O–H groups in total. The second-order valence-corrected chi connectivity index (χ2v) is 9.56. The van der Waals surface area contributed by atoms with Crippen LogP contribution in [0.3, 0.4) is 0 Å². The van der Waals surface area contributed by atoms with Gasteiger partial charge in [-0.05, 0) is 66.8 Å². The van der Waals surface area contributed by atoms with Crippen LogP contribution in [0.4, 0.5) is 0 Å². The minimum atomic E-state index is -0.192. The molecule has 0 aliphatic heterocycles. The highest BCUT2D eigenvalue weighted by Gasteiger charge is 2.34. The van der Waals surface area contributed by atoms with Crippen molar-refractivity contribution in [1.29, 1.82) is 0 Å². The molecule has 0 spiro atoms. The predicted octanol–water partition coefficient (Wildman–Crippen LogP) is 5.23. The molecule has 0 saturated heterocycles. The fourth-order valence-corrected chi connectivity index (χ4v) is 5.16. The van der Waals surface area contributed by atoms with Gasteiger partial charge in [-0.3, -0.25) is 9.97 Å².